The number of aliphatic hydroxyl groups is 1. The summed E-state index contributed by atoms with van der Waals surface area (Å²) in [6.07, 6.45) is 2.19. The maximum atomic E-state index is 8.70. The van der Waals surface area contributed by atoms with Crippen molar-refractivity contribution in [2.24, 2.45) is 0 Å². The number of aliphatic hydroxyl groups excluding tert-OH is 1. The van der Waals surface area contributed by atoms with Crippen LogP contribution < -0.4 is 4.90 Å². The molecule has 1 aromatic rings. The van der Waals surface area contributed by atoms with E-state index in [4.69, 9.17) is 21.4 Å². The lowest BCUT2D eigenvalue weighted by Gasteiger charge is -2.32. The molecule has 1 fully saturated rings. The highest BCUT2D eigenvalue weighted by Crippen LogP contribution is 2.20. The molecular formula is C12H17ClN2O2. The predicted molar refractivity (Wildman–Crippen MR) is 67.5 cm³/mol. The zero-order chi connectivity index (χ0) is 12.1. The molecule has 5 heteroatoms. The number of anilines is 1. The number of hydrogen-bond donors (Lipinski definition) is 1. The highest BCUT2D eigenvalue weighted by atomic mass is 35.5. The lowest BCUT2D eigenvalue weighted by molar-refractivity contribution is 0.0158. The molecule has 4 nitrogen and oxygen atoms in total. The van der Waals surface area contributed by atoms with Gasteiger partial charge >= 0.3 is 0 Å². The third kappa shape index (κ3) is 3.56. The number of ether oxygens (including phenoxy) is 1. The van der Waals surface area contributed by atoms with E-state index in [-0.39, 0.29) is 12.7 Å². The SMILES string of the molecule is OCCOC1CCN(c2cccc(Cl)n2)CC1. The zero-order valence-corrected chi connectivity index (χ0v) is 10.4. The van der Waals surface area contributed by atoms with Crippen LogP contribution in [0.25, 0.3) is 0 Å². The summed E-state index contributed by atoms with van der Waals surface area (Å²) < 4.78 is 5.52. The molecule has 1 aromatic heterocycles. The summed E-state index contributed by atoms with van der Waals surface area (Å²) >= 11 is 5.87. The van der Waals surface area contributed by atoms with E-state index >= 15 is 0 Å². The highest BCUT2D eigenvalue weighted by Gasteiger charge is 2.20. The Labute approximate surface area is 106 Å². The van der Waals surface area contributed by atoms with Crippen LogP contribution >= 0.6 is 11.6 Å². The van der Waals surface area contributed by atoms with Crippen molar-refractivity contribution in [1.82, 2.24) is 4.98 Å². The molecule has 0 radical (unpaired) electrons. The van der Waals surface area contributed by atoms with E-state index in [0.717, 1.165) is 31.7 Å². The average molecular weight is 257 g/mol. The van der Waals surface area contributed by atoms with Gasteiger partial charge in [0.1, 0.15) is 11.0 Å². The number of pyridine rings is 1. The molecular weight excluding hydrogens is 240 g/mol. The van der Waals surface area contributed by atoms with Gasteiger partial charge in [0.15, 0.2) is 0 Å². The Bertz CT molecular complexity index is 354. The summed E-state index contributed by atoms with van der Waals surface area (Å²) in [6, 6.07) is 5.67. The number of nitrogens with zero attached hydrogens (tertiary/aromatic N) is 2. The third-order valence-electron chi connectivity index (χ3n) is 2.91. The van der Waals surface area contributed by atoms with Gasteiger partial charge in [-0.1, -0.05) is 17.7 Å². The molecule has 0 saturated carbocycles. The number of piperidine rings is 1. The van der Waals surface area contributed by atoms with Gasteiger partial charge in [-0.15, -0.1) is 0 Å². The lowest BCUT2D eigenvalue weighted by atomic mass is 10.1. The van der Waals surface area contributed by atoms with Crippen LogP contribution in [0.2, 0.25) is 5.15 Å². The number of rotatable bonds is 4. The van der Waals surface area contributed by atoms with Gasteiger partial charge in [0, 0.05) is 13.1 Å². The van der Waals surface area contributed by atoms with Gasteiger partial charge in [0.2, 0.25) is 0 Å². The van der Waals surface area contributed by atoms with Crippen LogP contribution in [0.5, 0.6) is 0 Å². The Morgan fingerprint density at radius 2 is 2.18 bits per heavy atom. The second-order valence-electron chi connectivity index (χ2n) is 4.10. The Morgan fingerprint density at radius 1 is 1.41 bits per heavy atom. The third-order valence-corrected chi connectivity index (χ3v) is 3.12. The lowest BCUT2D eigenvalue weighted by Crippen LogP contribution is -2.37. The van der Waals surface area contributed by atoms with Gasteiger partial charge in [-0.2, -0.15) is 0 Å². The smallest absolute Gasteiger partial charge is 0.131 e. The monoisotopic (exact) mass is 256 g/mol. The average Bonchev–Trinajstić information content (AvgIpc) is 2.37. The summed E-state index contributed by atoms with van der Waals surface area (Å²) in [5, 5.41) is 9.23. The minimum atomic E-state index is 0.0933. The van der Waals surface area contributed by atoms with Crippen molar-refractivity contribution in [1.29, 1.82) is 0 Å². The van der Waals surface area contributed by atoms with E-state index in [2.05, 4.69) is 9.88 Å². The van der Waals surface area contributed by atoms with E-state index in [1.54, 1.807) is 6.07 Å². The molecule has 1 N–H and O–H groups in total. The summed E-state index contributed by atoms with van der Waals surface area (Å²) in [5.74, 6) is 0.929. The van der Waals surface area contributed by atoms with Crippen molar-refractivity contribution in [3.05, 3.63) is 23.4 Å². The quantitative estimate of drug-likeness (QED) is 0.834. The fourth-order valence-corrected chi connectivity index (χ4v) is 2.20. The molecule has 1 aliphatic heterocycles. The van der Waals surface area contributed by atoms with Crippen molar-refractivity contribution in [3.8, 4) is 0 Å². The molecule has 17 heavy (non-hydrogen) atoms. The number of aromatic nitrogens is 1. The fourth-order valence-electron chi connectivity index (χ4n) is 2.04. The Morgan fingerprint density at radius 3 is 2.82 bits per heavy atom. The van der Waals surface area contributed by atoms with Crippen LogP contribution in [-0.4, -0.2) is 42.5 Å². The second kappa shape index (κ2) is 6.19. The highest BCUT2D eigenvalue weighted by molar-refractivity contribution is 6.29. The normalized spacial score (nSPS) is 17.4. The van der Waals surface area contributed by atoms with Gasteiger partial charge in [0.25, 0.3) is 0 Å². The van der Waals surface area contributed by atoms with E-state index in [0.29, 0.717) is 11.8 Å². The summed E-state index contributed by atoms with van der Waals surface area (Å²) in [5.41, 5.74) is 0. The van der Waals surface area contributed by atoms with Crippen molar-refractivity contribution in [2.75, 3.05) is 31.2 Å². The molecule has 94 valence electrons. The maximum absolute atomic E-state index is 8.70. The van der Waals surface area contributed by atoms with Crippen molar-refractivity contribution < 1.29 is 9.84 Å². The Kier molecular flexibility index (Phi) is 4.59. The van der Waals surface area contributed by atoms with Crippen LogP contribution in [0.1, 0.15) is 12.8 Å². The Balaban J connectivity index is 1.86. The maximum Gasteiger partial charge on any atom is 0.131 e. The van der Waals surface area contributed by atoms with Gasteiger partial charge in [-0.25, -0.2) is 4.98 Å². The van der Waals surface area contributed by atoms with Crippen LogP contribution in [0, 0.1) is 0 Å². The standard InChI is InChI=1S/C12H17ClN2O2/c13-11-2-1-3-12(14-11)15-6-4-10(5-7-15)17-9-8-16/h1-3,10,16H,4-9H2. The molecule has 1 aliphatic rings. The van der Waals surface area contributed by atoms with Crippen LogP contribution in [0.4, 0.5) is 5.82 Å². The number of hydrogen-bond acceptors (Lipinski definition) is 4. The van der Waals surface area contributed by atoms with Crippen molar-refractivity contribution >= 4 is 17.4 Å². The summed E-state index contributed by atoms with van der Waals surface area (Å²) in [6.45, 7) is 2.36. The topological polar surface area (TPSA) is 45.6 Å². The first-order valence-corrected chi connectivity index (χ1v) is 6.27. The molecule has 0 unspecified atom stereocenters. The molecule has 0 bridgehead atoms. The van der Waals surface area contributed by atoms with E-state index in [9.17, 15) is 0 Å². The molecule has 2 heterocycles. The molecule has 1 saturated heterocycles. The largest absolute Gasteiger partial charge is 0.394 e. The fraction of sp³-hybridized carbons (Fsp3) is 0.583. The first-order valence-electron chi connectivity index (χ1n) is 5.89. The summed E-state index contributed by atoms with van der Waals surface area (Å²) in [4.78, 5) is 6.51. The first-order chi connectivity index (χ1) is 8.29. The minimum Gasteiger partial charge on any atom is -0.394 e. The Hall–Kier alpha value is -0.840. The summed E-state index contributed by atoms with van der Waals surface area (Å²) in [7, 11) is 0. The van der Waals surface area contributed by atoms with Gasteiger partial charge in [-0.3, -0.25) is 0 Å². The van der Waals surface area contributed by atoms with Crippen molar-refractivity contribution in [2.45, 2.75) is 18.9 Å². The molecule has 0 spiro atoms. The van der Waals surface area contributed by atoms with Gasteiger partial charge in [-0.05, 0) is 25.0 Å². The van der Waals surface area contributed by atoms with E-state index in [1.807, 2.05) is 12.1 Å². The first kappa shape index (κ1) is 12.6. The van der Waals surface area contributed by atoms with Gasteiger partial charge in [0.05, 0.1) is 19.3 Å². The van der Waals surface area contributed by atoms with Crippen LogP contribution in [0.3, 0.4) is 0 Å². The molecule has 0 amide bonds. The van der Waals surface area contributed by atoms with E-state index < -0.39 is 0 Å². The molecule has 0 aliphatic carbocycles. The zero-order valence-electron chi connectivity index (χ0n) is 9.68. The van der Waals surface area contributed by atoms with Crippen LogP contribution in [-0.2, 0) is 4.74 Å². The molecule has 2 rings (SSSR count). The predicted octanol–water partition coefficient (Wildman–Crippen LogP) is 1.71. The van der Waals surface area contributed by atoms with E-state index in [1.165, 1.54) is 0 Å². The van der Waals surface area contributed by atoms with Crippen molar-refractivity contribution in [3.63, 3.8) is 0 Å². The van der Waals surface area contributed by atoms with Crippen LogP contribution in [0.15, 0.2) is 18.2 Å². The molecule has 0 atom stereocenters. The molecule has 0 aromatic carbocycles. The minimum absolute atomic E-state index is 0.0933. The number of halogens is 1. The second-order valence-corrected chi connectivity index (χ2v) is 4.49. The van der Waals surface area contributed by atoms with Gasteiger partial charge < -0.3 is 14.7 Å².